The van der Waals surface area contributed by atoms with Crippen molar-refractivity contribution in [3.63, 3.8) is 0 Å². The van der Waals surface area contributed by atoms with Gasteiger partial charge in [0.05, 0.1) is 0 Å². The van der Waals surface area contributed by atoms with E-state index in [4.69, 9.17) is 5.73 Å². The van der Waals surface area contributed by atoms with E-state index in [1.165, 1.54) is 16.7 Å². The lowest BCUT2D eigenvalue weighted by molar-refractivity contribution is -0.168. The molecule has 4 rings (SSSR count). The molecular formula is C22H25N3O4S. The van der Waals surface area contributed by atoms with Crippen molar-refractivity contribution < 1.29 is 19.5 Å². The number of carbonyl (C=O) groups is 3. The van der Waals surface area contributed by atoms with E-state index in [0.717, 1.165) is 16.3 Å². The molecule has 2 aliphatic heterocycles. The number of rotatable bonds is 4. The number of amides is 2. The van der Waals surface area contributed by atoms with Gasteiger partial charge in [0.2, 0.25) is 5.91 Å². The van der Waals surface area contributed by atoms with Crippen LogP contribution in [0.4, 0.5) is 0 Å². The Labute approximate surface area is 179 Å². The number of β-lactam (4-membered cyclic amide) rings is 1. The van der Waals surface area contributed by atoms with Crippen molar-refractivity contribution in [3.8, 4) is 0 Å². The van der Waals surface area contributed by atoms with Gasteiger partial charge in [-0.2, -0.15) is 0 Å². The Balaban J connectivity index is 1.55. The van der Waals surface area contributed by atoms with Crippen LogP contribution >= 0.6 is 11.8 Å². The number of carboxylic acid groups (broad SMARTS) is 1. The summed E-state index contributed by atoms with van der Waals surface area (Å²) in [5, 5.41) is 14.0. The number of benzene rings is 2. The molecule has 0 saturated carbocycles. The zero-order chi connectivity index (χ0) is 22.0. The molecule has 0 spiro atoms. The zero-order valence-electron chi connectivity index (χ0n) is 17.3. The second-order valence-electron chi connectivity index (χ2n) is 8.81. The summed E-state index contributed by atoms with van der Waals surface area (Å²) in [7, 11) is 0. The smallest absolute Gasteiger partial charge is 0.327 e. The normalized spacial score (nSPS) is 28.0. The molecule has 0 aliphatic carbocycles. The van der Waals surface area contributed by atoms with Crippen molar-refractivity contribution in [2.24, 2.45) is 5.73 Å². The third-order valence-corrected chi connectivity index (χ3v) is 7.81. The van der Waals surface area contributed by atoms with Crippen LogP contribution in [0.5, 0.6) is 0 Å². The molecule has 2 fully saturated rings. The zero-order valence-corrected chi connectivity index (χ0v) is 18.1. The summed E-state index contributed by atoms with van der Waals surface area (Å²) in [6.07, 6.45) is 0. The first kappa shape index (κ1) is 20.7. The van der Waals surface area contributed by atoms with Crippen molar-refractivity contribution in [2.75, 3.05) is 0 Å². The summed E-state index contributed by atoms with van der Waals surface area (Å²) < 4.78 is -0.660. The molecule has 2 heterocycles. The standard InChI is InChI=1S/C22H25N3O4S/c1-11-5-6-12-7-8-13(10-14(12)9-11)15(23)17(26)24-22(4)19(29)25-16(18(27)28)21(2,3)30-20(22)25/h5-10,15-16,20H,23H2,1-4H3,(H,24,26)(H,27,28)/t15?,16-,20+,22?/m0/s1. The van der Waals surface area contributed by atoms with Gasteiger partial charge in [-0.1, -0.05) is 35.9 Å². The average molecular weight is 428 g/mol. The number of thioether (sulfide) groups is 1. The Kier molecular flexibility index (Phi) is 4.63. The van der Waals surface area contributed by atoms with E-state index < -0.39 is 45.5 Å². The molecule has 2 amide bonds. The van der Waals surface area contributed by atoms with E-state index in [-0.39, 0.29) is 0 Å². The van der Waals surface area contributed by atoms with Crippen LogP contribution in [0.1, 0.15) is 37.9 Å². The molecular weight excluding hydrogens is 402 g/mol. The number of nitrogens with one attached hydrogen (secondary N) is 1. The average Bonchev–Trinajstić information content (AvgIpc) is 2.96. The van der Waals surface area contributed by atoms with Gasteiger partial charge in [-0.3, -0.25) is 9.59 Å². The SMILES string of the molecule is Cc1ccc2ccc(C(N)C(=O)NC3(C)C(=O)N4[C@@H](C(=O)O)C(C)(C)S[C@@H]43)cc2c1. The Morgan fingerprint density at radius 1 is 1.17 bits per heavy atom. The summed E-state index contributed by atoms with van der Waals surface area (Å²) in [4.78, 5) is 38.9. The van der Waals surface area contributed by atoms with Crippen LogP contribution in [0.15, 0.2) is 36.4 Å². The van der Waals surface area contributed by atoms with E-state index in [1.54, 1.807) is 20.8 Å². The van der Waals surface area contributed by atoms with E-state index >= 15 is 0 Å². The molecule has 2 aromatic rings. The predicted molar refractivity (Wildman–Crippen MR) is 116 cm³/mol. The van der Waals surface area contributed by atoms with Crippen LogP contribution in [0.3, 0.4) is 0 Å². The van der Waals surface area contributed by atoms with Crippen molar-refractivity contribution >= 4 is 40.3 Å². The number of aliphatic carboxylic acids is 1. The van der Waals surface area contributed by atoms with Gasteiger partial charge in [-0.15, -0.1) is 11.8 Å². The number of nitrogens with zero attached hydrogens (tertiary/aromatic N) is 1. The van der Waals surface area contributed by atoms with Crippen LogP contribution in [0, 0.1) is 6.92 Å². The van der Waals surface area contributed by atoms with Crippen LogP contribution in [-0.4, -0.2) is 49.5 Å². The van der Waals surface area contributed by atoms with Crippen molar-refractivity contribution in [2.45, 2.75) is 55.4 Å². The van der Waals surface area contributed by atoms with E-state index in [9.17, 15) is 19.5 Å². The van der Waals surface area contributed by atoms with E-state index in [0.29, 0.717) is 5.56 Å². The highest BCUT2D eigenvalue weighted by molar-refractivity contribution is 8.01. The molecule has 0 bridgehead atoms. The Bertz CT molecular complexity index is 1090. The number of hydrogen-bond donors (Lipinski definition) is 3. The first-order chi connectivity index (χ1) is 14.0. The van der Waals surface area contributed by atoms with Gasteiger partial charge < -0.3 is 21.1 Å². The van der Waals surface area contributed by atoms with Crippen LogP contribution in [-0.2, 0) is 14.4 Å². The highest BCUT2D eigenvalue weighted by Gasteiger charge is 2.70. The third kappa shape index (κ3) is 2.97. The van der Waals surface area contributed by atoms with Crippen LogP contribution in [0.2, 0.25) is 0 Å². The maximum atomic E-state index is 12.9. The molecule has 2 saturated heterocycles. The summed E-state index contributed by atoms with van der Waals surface area (Å²) in [5.41, 5.74) is 6.80. The molecule has 30 heavy (non-hydrogen) atoms. The lowest BCUT2D eigenvalue weighted by Crippen LogP contribution is -2.78. The molecule has 2 unspecified atom stereocenters. The highest BCUT2D eigenvalue weighted by Crippen LogP contribution is 2.54. The molecule has 158 valence electrons. The summed E-state index contributed by atoms with van der Waals surface area (Å²) in [6.45, 7) is 7.23. The molecule has 2 aromatic carbocycles. The van der Waals surface area contributed by atoms with Gasteiger partial charge in [0.1, 0.15) is 23.0 Å². The molecule has 7 nitrogen and oxygen atoms in total. The largest absolute Gasteiger partial charge is 0.480 e. The van der Waals surface area contributed by atoms with Gasteiger partial charge in [0, 0.05) is 4.75 Å². The Hall–Kier alpha value is -2.58. The number of aryl methyl sites for hydroxylation is 1. The Morgan fingerprint density at radius 2 is 1.83 bits per heavy atom. The molecule has 4 N–H and O–H groups in total. The lowest BCUT2D eigenvalue weighted by atomic mass is 9.85. The minimum atomic E-state index is -1.19. The fourth-order valence-corrected chi connectivity index (χ4v) is 6.05. The third-order valence-electron chi connectivity index (χ3n) is 6.06. The fourth-order valence-electron chi connectivity index (χ4n) is 4.40. The maximum Gasteiger partial charge on any atom is 0.327 e. The second-order valence-corrected chi connectivity index (χ2v) is 10.5. The van der Waals surface area contributed by atoms with Gasteiger partial charge in [0.15, 0.2) is 0 Å². The minimum absolute atomic E-state index is 0.396. The maximum absolute atomic E-state index is 12.9. The molecule has 2 aliphatic rings. The minimum Gasteiger partial charge on any atom is -0.480 e. The highest BCUT2D eigenvalue weighted by atomic mass is 32.2. The number of carbonyl (C=O) groups excluding carboxylic acids is 2. The van der Waals surface area contributed by atoms with Gasteiger partial charge in [0.25, 0.3) is 5.91 Å². The van der Waals surface area contributed by atoms with Crippen molar-refractivity contribution in [1.29, 1.82) is 0 Å². The number of carboxylic acids is 1. The second kappa shape index (κ2) is 6.72. The number of nitrogens with two attached hydrogens (primary N) is 1. The first-order valence-electron chi connectivity index (χ1n) is 9.77. The van der Waals surface area contributed by atoms with Crippen molar-refractivity contribution in [3.05, 3.63) is 47.5 Å². The van der Waals surface area contributed by atoms with Crippen LogP contribution in [0.25, 0.3) is 10.8 Å². The monoisotopic (exact) mass is 427 g/mol. The quantitative estimate of drug-likeness (QED) is 0.645. The molecule has 4 atom stereocenters. The summed E-state index contributed by atoms with van der Waals surface area (Å²) in [6, 6.07) is 9.81. The van der Waals surface area contributed by atoms with Crippen LogP contribution < -0.4 is 11.1 Å². The summed E-state index contributed by atoms with van der Waals surface area (Å²) in [5.74, 6) is -1.90. The van der Waals surface area contributed by atoms with Gasteiger partial charge in [-0.05, 0) is 50.1 Å². The topological polar surface area (TPSA) is 113 Å². The predicted octanol–water partition coefficient (Wildman–Crippen LogP) is 2.17. The Morgan fingerprint density at radius 3 is 2.50 bits per heavy atom. The lowest BCUT2D eigenvalue weighted by Gasteiger charge is -2.51. The summed E-state index contributed by atoms with van der Waals surface area (Å²) >= 11 is 1.39. The number of hydrogen-bond acceptors (Lipinski definition) is 5. The fraction of sp³-hybridized carbons (Fsp3) is 0.409. The molecule has 0 radical (unpaired) electrons. The first-order valence-corrected chi connectivity index (χ1v) is 10.6. The van der Waals surface area contributed by atoms with Gasteiger partial charge in [-0.25, -0.2) is 4.79 Å². The molecule has 8 heteroatoms. The van der Waals surface area contributed by atoms with Gasteiger partial charge >= 0.3 is 5.97 Å². The number of fused-ring (bicyclic) bond motifs is 2. The van der Waals surface area contributed by atoms with E-state index in [2.05, 4.69) is 5.32 Å². The van der Waals surface area contributed by atoms with Crippen molar-refractivity contribution in [1.82, 2.24) is 10.2 Å². The molecule has 0 aromatic heterocycles. The van der Waals surface area contributed by atoms with E-state index in [1.807, 2.05) is 43.3 Å².